The number of aliphatic hydroxyl groups is 1. The van der Waals surface area contributed by atoms with Gasteiger partial charge in [-0.25, -0.2) is 0 Å². The third-order valence-electron chi connectivity index (χ3n) is 4.33. The highest BCUT2D eigenvalue weighted by Crippen LogP contribution is 2.20. The van der Waals surface area contributed by atoms with E-state index in [9.17, 15) is 5.11 Å². The van der Waals surface area contributed by atoms with E-state index in [1.807, 2.05) is 42.5 Å². The molecule has 1 atom stereocenters. The molecule has 3 N–H and O–H groups in total. The van der Waals surface area contributed by atoms with Crippen molar-refractivity contribution in [3.05, 3.63) is 90.0 Å². The van der Waals surface area contributed by atoms with Crippen LogP contribution in [0.15, 0.2) is 79.0 Å². The molecule has 132 valence electrons. The zero-order valence-corrected chi connectivity index (χ0v) is 14.4. The Labute approximate surface area is 155 Å². The molecule has 0 saturated heterocycles. The summed E-state index contributed by atoms with van der Waals surface area (Å²) in [6.07, 6.45) is 0.504. The van der Waals surface area contributed by atoms with Crippen molar-refractivity contribution in [3.63, 3.8) is 0 Å². The maximum atomic E-state index is 10.7. The molecule has 0 aliphatic rings. The van der Waals surface area contributed by atoms with Gasteiger partial charge in [0.15, 0.2) is 5.84 Å². The Morgan fingerprint density at radius 3 is 2.59 bits per heavy atom. The summed E-state index contributed by atoms with van der Waals surface area (Å²) in [5, 5.41) is 32.4. The van der Waals surface area contributed by atoms with Gasteiger partial charge in [0.1, 0.15) is 11.6 Å². The molecule has 0 aliphatic heterocycles. The molecule has 0 radical (unpaired) electrons. The molecule has 4 aromatic rings. The van der Waals surface area contributed by atoms with E-state index in [-0.39, 0.29) is 11.3 Å². The van der Waals surface area contributed by atoms with E-state index in [1.165, 1.54) is 0 Å². The lowest BCUT2D eigenvalue weighted by Crippen LogP contribution is -2.33. The molecule has 0 fully saturated rings. The fourth-order valence-electron chi connectivity index (χ4n) is 2.91. The van der Waals surface area contributed by atoms with Crippen molar-refractivity contribution in [2.45, 2.75) is 6.10 Å². The summed E-state index contributed by atoms with van der Waals surface area (Å²) < 4.78 is 1.15. The Balaban J connectivity index is 1.72. The predicted molar refractivity (Wildman–Crippen MR) is 103 cm³/mol. The highest BCUT2D eigenvalue weighted by atomic mass is 16.3. The second-order valence-electron chi connectivity index (χ2n) is 6.12. The van der Waals surface area contributed by atoms with Gasteiger partial charge in [-0.3, -0.25) is 15.8 Å². The lowest BCUT2D eigenvalue weighted by atomic mass is 10.1. The molecule has 0 spiro atoms. The maximum absolute atomic E-state index is 10.7. The minimum absolute atomic E-state index is 0.0289. The molecule has 2 aromatic heterocycles. The monoisotopic (exact) mass is 355 g/mol. The molecular formula is C21H17N5O. The van der Waals surface area contributed by atoms with Crippen LogP contribution in [-0.2, 0) is 0 Å². The molecule has 6 nitrogen and oxygen atoms in total. The molecule has 27 heavy (non-hydrogen) atoms. The number of nitrogens with zero attached hydrogens (tertiary/aromatic N) is 3. The van der Waals surface area contributed by atoms with Crippen molar-refractivity contribution in [3.8, 4) is 11.3 Å². The number of rotatable bonds is 3. The van der Waals surface area contributed by atoms with E-state index < -0.39 is 6.10 Å². The van der Waals surface area contributed by atoms with Gasteiger partial charge in [-0.2, -0.15) is 9.78 Å². The SMILES string of the molecule is N=C(C(O)c1ccc2ncccc2c1)n1nc(-c2ccccc2)ccc1=N. The smallest absolute Gasteiger partial charge is 0.158 e. The number of nitrogens with one attached hydrogen (secondary N) is 2. The van der Waals surface area contributed by atoms with E-state index in [1.54, 1.807) is 36.5 Å². The first kappa shape index (κ1) is 16.8. The molecule has 4 rings (SSSR count). The predicted octanol–water partition coefficient (Wildman–Crippen LogP) is 3.14. The summed E-state index contributed by atoms with van der Waals surface area (Å²) in [5.74, 6) is -0.180. The van der Waals surface area contributed by atoms with Gasteiger partial charge >= 0.3 is 0 Å². The molecule has 0 aliphatic carbocycles. The van der Waals surface area contributed by atoms with Crippen molar-refractivity contribution in [1.29, 1.82) is 10.8 Å². The highest BCUT2D eigenvalue weighted by Gasteiger charge is 2.18. The van der Waals surface area contributed by atoms with E-state index in [2.05, 4.69) is 10.1 Å². The Morgan fingerprint density at radius 1 is 0.963 bits per heavy atom. The number of aromatic nitrogens is 3. The van der Waals surface area contributed by atoms with E-state index in [4.69, 9.17) is 10.8 Å². The third-order valence-corrected chi connectivity index (χ3v) is 4.33. The van der Waals surface area contributed by atoms with E-state index in [0.29, 0.717) is 11.3 Å². The van der Waals surface area contributed by atoms with Crippen LogP contribution in [0.2, 0.25) is 0 Å². The van der Waals surface area contributed by atoms with Gasteiger partial charge in [-0.1, -0.05) is 42.5 Å². The minimum atomic E-state index is -1.21. The van der Waals surface area contributed by atoms with Gasteiger partial charge in [-0.05, 0) is 35.9 Å². The van der Waals surface area contributed by atoms with Crippen molar-refractivity contribution < 1.29 is 5.11 Å². The summed E-state index contributed by atoms with van der Waals surface area (Å²) in [4.78, 5) is 4.26. The standard InChI is InChI=1S/C21H17N5O/c22-19-11-10-18(14-5-2-1-3-6-14)25-26(19)21(23)20(27)16-8-9-17-15(13-16)7-4-12-24-17/h1-13,20,22-23,27H. The fourth-order valence-corrected chi connectivity index (χ4v) is 2.91. The summed E-state index contributed by atoms with van der Waals surface area (Å²) in [5.41, 5.74) is 2.91. The van der Waals surface area contributed by atoms with Crippen LogP contribution in [0, 0.1) is 10.8 Å². The van der Waals surface area contributed by atoms with Gasteiger partial charge in [-0.15, -0.1) is 0 Å². The Bertz CT molecular complexity index is 1180. The first-order chi connectivity index (χ1) is 13.1. The molecular weight excluding hydrogens is 338 g/mol. The van der Waals surface area contributed by atoms with Crippen LogP contribution in [0.1, 0.15) is 11.7 Å². The number of fused-ring (bicyclic) bond motifs is 1. The fraction of sp³-hybridized carbons (Fsp3) is 0.0476. The molecule has 0 bridgehead atoms. The second kappa shape index (κ2) is 6.93. The van der Waals surface area contributed by atoms with Crippen LogP contribution in [-0.4, -0.2) is 25.7 Å². The van der Waals surface area contributed by atoms with Gasteiger partial charge in [0.05, 0.1) is 11.2 Å². The topological polar surface area (TPSA) is 98.6 Å². The van der Waals surface area contributed by atoms with Crippen molar-refractivity contribution >= 4 is 16.7 Å². The lowest BCUT2D eigenvalue weighted by molar-refractivity contribution is 0.240. The Hall–Kier alpha value is -3.64. The molecule has 1 unspecified atom stereocenters. The van der Waals surface area contributed by atoms with Crippen LogP contribution in [0.25, 0.3) is 22.2 Å². The minimum Gasteiger partial charge on any atom is -0.380 e. The van der Waals surface area contributed by atoms with Crippen LogP contribution in [0.3, 0.4) is 0 Å². The first-order valence-corrected chi connectivity index (χ1v) is 8.45. The summed E-state index contributed by atoms with van der Waals surface area (Å²) in [6, 6.07) is 21.9. The van der Waals surface area contributed by atoms with Gasteiger partial charge < -0.3 is 5.11 Å². The average Bonchev–Trinajstić information content (AvgIpc) is 2.73. The lowest BCUT2D eigenvalue weighted by Gasteiger charge is -2.15. The van der Waals surface area contributed by atoms with Crippen LogP contribution >= 0.6 is 0 Å². The first-order valence-electron chi connectivity index (χ1n) is 8.45. The van der Waals surface area contributed by atoms with E-state index in [0.717, 1.165) is 21.1 Å². The zero-order valence-electron chi connectivity index (χ0n) is 14.4. The van der Waals surface area contributed by atoms with E-state index >= 15 is 0 Å². The molecule has 0 amide bonds. The second-order valence-corrected chi connectivity index (χ2v) is 6.12. The summed E-state index contributed by atoms with van der Waals surface area (Å²) >= 11 is 0. The molecule has 0 saturated carbocycles. The Morgan fingerprint density at radius 2 is 1.78 bits per heavy atom. The van der Waals surface area contributed by atoms with Gasteiger partial charge in [0, 0.05) is 17.1 Å². The van der Waals surface area contributed by atoms with Gasteiger partial charge in [0.25, 0.3) is 0 Å². The number of benzene rings is 2. The van der Waals surface area contributed by atoms with Crippen molar-refractivity contribution in [2.24, 2.45) is 0 Å². The molecule has 2 aromatic carbocycles. The number of pyridine rings is 1. The number of aliphatic hydroxyl groups excluding tert-OH is 1. The normalized spacial score (nSPS) is 12.0. The number of hydrogen-bond acceptors (Lipinski definition) is 5. The largest absolute Gasteiger partial charge is 0.380 e. The van der Waals surface area contributed by atoms with Crippen molar-refractivity contribution in [1.82, 2.24) is 14.8 Å². The average molecular weight is 355 g/mol. The number of hydrogen-bond donors (Lipinski definition) is 3. The molecule has 6 heteroatoms. The maximum Gasteiger partial charge on any atom is 0.158 e. The highest BCUT2D eigenvalue weighted by molar-refractivity contribution is 5.88. The van der Waals surface area contributed by atoms with Gasteiger partial charge in [0.2, 0.25) is 0 Å². The zero-order chi connectivity index (χ0) is 18.8. The van der Waals surface area contributed by atoms with Crippen LogP contribution in [0.4, 0.5) is 0 Å². The quantitative estimate of drug-likeness (QED) is 0.389. The van der Waals surface area contributed by atoms with Crippen LogP contribution < -0.4 is 5.49 Å². The summed E-state index contributed by atoms with van der Waals surface area (Å²) in [6.45, 7) is 0. The summed E-state index contributed by atoms with van der Waals surface area (Å²) in [7, 11) is 0. The van der Waals surface area contributed by atoms with Crippen LogP contribution in [0.5, 0.6) is 0 Å². The Kier molecular flexibility index (Phi) is 4.32. The van der Waals surface area contributed by atoms with Crippen molar-refractivity contribution in [2.75, 3.05) is 0 Å². The third kappa shape index (κ3) is 3.26. The molecule has 2 heterocycles.